The van der Waals surface area contributed by atoms with Crippen LogP contribution in [0.2, 0.25) is 0 Å². The number of carbonyl (C=O) groups is 2. The summed E-state index contributed by atoms with van der Waals surface area (Å²) in [7, 11) is 0. The van der Waals surface area contributed by atoms with E-state index in [1.54, 1.807) is 0 Å². The van der Waals surface area contributed by atoms with Crippen LogP contribution in [0.25, 0.3) is 0 Å². The highest BCUT2D eigenvalue weighted by Gasteiger charge is 2.14. The summed E-state index contributed by atoms with van der Waals surface area (Å²) in [5, 5.41) is 0. The molecule has 0 bridgehead atoms. The molecule has 0 aromatic carbocycles. The van der Waals surface area contributed by atoms with Gasteiger partial charge in [-0.1, -0.05) is 19.9 Å². The molecule has 3 amide bonds. The molecule has 0 aliphatic heterocycles. The van der Waals surface area contributed by atoms with E-state index in [-0.39, 0.29) is 0 Å². The number of hydrogen-bond acceptors (Lipinski definition) is 2. The van der Waals surface area contributed by atoms with Gasteiger partial charge in [0.15, 0.2) is 0 Å². The maximum atomic E-state index is 11.0. The van der Waals surface area contributed by atoms with Gasteiger partial charge in [0.25, 0.3) is 5.91 Å². The molecule has 0 aliphatic rings. The summed E-state index contributed by atoms with van der Waals surface area (Å²) in [4.78, 5) is 22.6. The summed E-state index contributed by atoms with van der Waals surface area (Å²) in [6, 6.07) is -0.714. The highest BCUT2D eigenvalue weighted by Crippen LogP contribution is 1.95. The van der Waals surface area contributed by atoms with Crippen LogP contribution in [0, 0.1) is 0 Å². The van der Waals surface area contributed by atoms with Gasteiger partial charge in [0.05, 0.1) is 0 Å². The number of nitrogens with zero attached hydrogens (tertiary/aromatic N) is 1. The Bertz CT molecular complexity index is 189. The van der Waals surface area contributed by atoms with Crippen molar-refractivity contribution >= 4 is 11.9 Å². The number of unbranched alkanes of at least 4 members (excludes halogenated alkanes) is 1. The molecule has 0 aromatic rings. The van der Waals surface area contributed by atoms with Crippen molar-refractivity contribution in [2.75, 3.05) is 6.54 Å². The fourth-order valence-electron chi connectivity index (χ4n) is 0.755. The van der Waals surface area contributed by atoms with Gasteiger partial charge in [-0.05, 0) is 12.5 Å². The Morgan fingerprint density at radius 3 is 2.50 bits per heavy atom. The predicted molar refractivity (Wildman–Crippen MR) is 46.4 cm³/mol. The van der Waals surface area contributed by atoms with Gasteiger partial charge >= 0.3 is 6.03 Å². The number of imide groups is 1. The lowest BCUT2D eigenvalue weighted by atomic mass is 10.3. The first-order valence-corrected chi connectivity index (χ1v) is 3.86. The molecule has 0 aromatic heterocycles. The average molecular weight is 170 g/mol. The van der Waals surface area contributed by atoms with Gasteiger partial charge in [-0.2, -0.15) is 0 Å². The van der Waals surface area contributed by atoms with E-state index in [4.69, 9.17) is 5.73 Å². The number of carbonyl (C=O) groups excluding carboxylic acids is 2. The first-order chi connectivity index (χ1) is 5.63. The van der Waals surface area contributed by atoms with Gasteiger partial charge in [-0.25, -0.2) is 4.79 Å². The minimum atomic E-state index is -0.714. The molecule has 68 valence electrons. The molecule has 2 N–H and O–H groups in total. The summed E-state index contributed by atoms with van der Waals surface area (Å²) >= 11 is 0. The smallest absolute Gasteiger partial charge is 0.321 e. The molecular formula is C8H14N2O2. The highest BCUT2D eigenvalue weighted by atomic mass is 16.2. The summed E-state index contributed by atoms with van der Waals surface area (Å²) < 4.78 is 0. The van der Waals surface area contributed by atoms with Crippen molar-refractivity contribution in [1.82, 2.24) is 4.90 Å². The van der Waals surface area contributed by atoms with Crippen LogP contribution in [0.3, 0.4) is 0 Å². The van der Waals surface area contributed by atoms with E-state index in [1.165, 1.54) is 0 Å². The van der Waals surface area contributed by atoms with Crippen LogP contribution in [0.4, 0.5) is 4.79 Å². The van der Waals surface area contributed by atoms with Crippen LogP contribution in [-0.2, 0) is 4.79 Å². The van der Waals surface area contributed by atoms with Gasteiger partial charge in [0.2, 0.25) is 0 Å². The predicted octanol–water partition coefficient (Wildman–Crippen LogP) is 0.880. The first-order valence-electron chi connectivity index (χ1n) is 3.86. The lowest BCUT2D eigenvalue weighted by Crippen LogP contribution is -2.40. The van der Waals surface area contributed by atoms with Crippen molar-refractivity contribution in [3.8, 4) is 0 Å². The number of nitrogens with two attached hydrogens (primary N) is 1. The standard InChI is InChI=1S/C8H14N2O2/c1-3-5-6-10(8(9)12)7(11)4-2/h4H,2-3,5-6H2,1H3,(H2,9,12). The zero-order valence-electron chi connectivity index (χ0n) is 7.25. The Hall–Kier alpha value is -1.32. The molecule has 0 atom stereocenters. The fraction of sp³-hybridized carbons (Fsp3) is 0.500. The fourth-order valence-corrected chi connectivity index (χ4v) is 0.755. The van der Waals surface area contributed by atoms with Crippen molar-refractivity contribution in [1.29, 1.82) is 0 Å². The van der Waals surface area contributed by atoms with Gasteiger partial charge < -0.3 is 5.73 Å². The van der Waals surface area contributed by atoms with E-state index in [2.05, 4.69) is 6.58 Å². The van der Waals surface area contributed by atoms with E-state index in [1.807, 2.05) is 6.92 Å². The van der Waals surface area contributed by atoms with E-state index in [9.17, 15) is 9.59 Å². The van der Waals surface area contributed by atoms with Crippen LogP contribution in [0.5, 0.6) is 0 Å². The molecule has 0 unspecified atom stereocenters. The maximum absolute atomic E-state index is 11.0. The molecular weight excluding hydrogens is 156 g/mol. The lowest BCUT2D eigenvalue weighted by molar-refractivity contribution is -0.123. The van der Waals surface area contributed by atoms with Crippen molar-refractivity contribution in [2.45, 2.75) is 19.8 Å². The number of hydrogen-bond donors (Lipinski definition) is 1. The monoisotopic (exact) mass is 170 g/mol. The summed E-state index contributed by atoms with van der Waals surface area (Å²) in [5.74, 6) is -0.434. The Balaban J connectivity index is 4.13. The minimum Gasteiger partial charge on any atom is -0.351 e. The van der Waals surface area contributed by atoms with E-state index in [0.717, 1.165) is 23.8 Å². The topological polar surface area (TPSA) is 63.4 Å². The van der Waals surface area contributed by atoms with Crippen molar-refractivity contribution in [3.05, 3.63) is 12.7 Å². The van der Waals surface area contributed by atoms with Gasteiger partial charge in [0, 0.05) is 6.54 Å². The Morgan fingerprint density at radius 2 is 2.17 bits per heavy atom. The lowest BCUT2D eigenvalue weighted by Gasteiger charge is -2.15. The second-order valence-electron chi connectivity index (χ2n) is 2.39. The van der Waals surface area contributed by atoms with Crippen molar-refractivity contribution in [3.63, 3.8) is 0 Å². The van der Waals surface area contributed by atoms with Gasteiger partial charge in [-0.3, -0.25) is 9.69 Å². The molecule has 4 nitrogen and oxygen atoms in total. The quantitative estimate of drug-likeness (QED) is 0.636. The molecule has 0 aliphatic carbocycles. The molecule has 0 heterocycles. The molecule has 0 rings (SSSR count). The van der Waals surface area contributed by atoms with Crippen LogP contribution in [0.1, 0.15) is 19.8 Å². The van der Waals surface area contributed by atoms with Crippen LogP contribution < -0.4 is 5.73 Å². The van der Waals surface area contributed by atoms with E-state index < -0.39 is 11.9 Å². The molecule has 0 spiro atoms. The largest absolute Gasteiger partial charge is 0.351 e. The van der Waals surface area contributed by atoms with E-state index in [0.29, 0.717) is 6.54 Å². The Kier molecular flexibility index (Phi) is 4.76. The summed E-state index contributed by atoms with van der Waals surface area (Å²) in [5.41, 5.74) is 4.97. The zero-order chi connectivity index (χ0) is 9.56. The van der Waals surface area contributed by atoms with Crippen LogP contribution in [0.15, 0.2) is 12.7 Å². The van der Waals surface area contributed by atoms with E-state index >= 15 is 0 Å². The zero-order valence-corrected chi connectivity index (χ0v) is 7.25. The molecule has 12 heavy (non-hydrogen) atoms. The average Bonchev–Trinajstić information content (AvgIpc) is 2.04. The number of rotatable bonds is 4. The Morgan fingerprint density at radius 1 is 1.58 bits per heavy atom. The first kappa shape index (κ1) is 10.7. The summed E-state index contributed by atoms with van der Waals surface area (Å²) in [6.45, 7) is 5.61. The molecule has 0 saturated heterocycles. The second-order valence-corrected chi connectivity index (χ2v) is 2.39. The van der Waals surface area contributed by atoms with Crippen molar-refractivity contribution < 1.29 is 9.59 Å². The van der Waals surface area contributed by atoms with Gasteiger partial charge in [0.1, 0.15) is 0 Å². The molecule has 4 heteroatoms. The Labute approximate surface area is 72.0 Å². The molecule has 0 radical (unpaired) electrons. The second kappa shape index (κ2) is 5.35. The minimum absolute atomic E-state index is 0.372. The number of urea groups is 1. The van der Waals surface area contributed by atoms with Gasteiger partial charge in [-0.15, -0.1) is 0 Å². The number of amides is 3. The normalized spacial score (nSPS) is 9.08. The summed E-state index contributed by atoms with van der Waals surface area (Å²) in [6.07, 6.45) is 2.76. The third-order valence-corrected chi connectivity index (χ3v) is 1.44. The van der Waals surface area contributed by atoms with Crippen molar-refractivity contribution in [2.24, 2.45) is 5.73 Å². The molecule has 0 saturated carbocycles. The highest BCUT2D eigenvalue weighted by molar-refractivity contribution is 5.99. The van der Waals surface area contributed by atoms with Crippen LogP contribution in [-0.4, -0.2) is 23.4 Å². The third-order valence-electron chi connectivity index (χ3n) is 1.44. The SMILES string of the molecule is C=CC(=O)N(CCCC)C(N)=O. The third kappa shape index (κ3) is 3.18. The molecule has 0 fully saturated rings. The maximum Gasteiger partial charge on any atom is 0.321 e. The number of primary amides is 1. The van der Waals surface area contributed by atoms with Crippen LogP contribution >= 0.6 is 0 Å².